The van der Waals surface area contributed by atoms with Gasteiger partial charge in [-0.15, -0.1) is 0 Å². The summed E-state index contributed by atoms with van der Waals surface area (Å²) in [5.41, 5.74) is 0.375. The van der Waals surface area contributed by atoms with E-state index in [0.717, 1.165) is 37.0 Å². The third kappa shape index (κ3) is 1.31. The molecule has 0 atom stereocenters. The van der Waals surface area contributed by atoms with Crippen LogP contribution in [0.4, 0.5) is 4.39 Å². The van der Waals surface area contributed by atoms with E-state index in [-0.39, 0.29) is 5.41 Å². The van der Waals surface area contributed by atoms with Crippen LogP contribution in [0.1, 0.15) is 38.5 Å². The predicted molar refractivity (Wildman–Crippen MR) is 55.8 cm³/mol. The largest absolute Gasteiger partial charge is 0.411 e. The fourth-order valence-electron chi connectivity index (χ4n) is 4.74. The lowest BCUT2D eigenvalue weighted by Crippen LogP contribution is -2.50. The Morgan fingerprint density at radius 1 is 1.13 bits per heavy atom. The molecule has 0 radical (unpaired) electrons. The highest BCUT2D eigenvalue weighted by atomic mass is 19.1. The molecule has 2 nitrogen and oxygen atoms in total. The molecule has 0 unspecified atom stereocenters. The Morgan fingerprint density at radius 3 is 1.93 bits per heavy atom. The van der Waals surface area contributed by atoms with Gasteiger partial charge in [0, 0.05) is 5.41 Å². The Bertz CT molecular complexity index is 265. The van der Waals surface area contributed by atoms with Crippen LogP contribution in [-0.2, 0) is 0 Å². The number of hydrogen-bond donors (Lipinski definition) is 1. The zero-order chi connectivity index (χ0) is 10.5. The molecule has 0 aliphatic heterocycles. The van der Waals surface area contributed by atoms with Gasteiger partial charge < -0.3 is 5.21 Å². The third-order valence-corrected chi connectivity index (χ3v) is 4.90. The smallest absolute Gasteiger partial charge is 0.131 e. The average molecular weight is 211 g/mol. The number of halogens is 1. The van der Waals surface area contributed by atoms with Crippen LogP contribution in [-0.4, -0.2) is 17.6 Å². The molecule has 0 saturated heterocycles. The molecule has 4 saturated carbocycles. The number of rotatable bonds is 2. The Labute approximate surface area is 89.5 Å². The van der Waals surface area contributed by atoms with Crippen molar-refractivity contribution in [1.82, 2.24) is 0 Å². The molecule has 0 aromatic heterocycles. The van der Waals surface area contributed by atoms with E-state index in [4.69, 9.17) is 5.21 Å². The first-order chi connectivity index (χ1) is 7.25. The van der Waals surface area contributed by atoms with Crippen molar-refractivity contribution in [3.8, 4) is 0 Å². The summed E-state index contributed by atoms with van der Waals surface area (Å²) in [6.45, 7) is -0.567. The summed E-state index contributed by atoms with van der Waals surface area (Å²) in [6.07, 6.45) is 7.23. The van der Waals surface area contributed by atoms with Crippen LogP contribution in [0.2, 0.25) is 0 Å². The van der Waals surface area contributed by atoms with Gasteiger partial charge in [0.1, 0.15) is 6.67 Å². The highest BCUT2D eigenvalue weighted by Gasteiger charge is 2.53. The van der Waals surface area contributed by atoms with Gasteiger partial charge >= 0.3 is 0 Å². The van der Waals surface area contributed by atoms with Gasteiger partial charge in [-0.3, -0.25) is 0 Å². The molecule has 15 heavy (non-hydrogen) atoms. The second-order valence-electron chi connectivity index (χ2n) is 5.88. The summed E-state index contributed by atoms with van der Waals surface area (Å²) in [7, 11) is 0. The van der Waals surface area contributed by atoms with Gasteiger partial charge in [-0.2, -0.15) is 0 Å². The molecular formula is C12H18FNO. The summed E-state index contributed by atoms with van der Waals surface area (Å²) in [5.74, 6) is 2.33. The third-order valence-electron chi connectivity index (χ3n) is 4.90. The monoisotopic (exact) mass is 211 g/mol. The Kier molecular flexibility index (Phi) is 2.05. The standard InChI is InChI=1S/C12H18FNO/c13-7-11(14-15)12-4-8-1-9(5-12)3-10(2-8)6-12/h8-10,15H,1-7H2. The quantitative estimate of drug-likeness (QED) is 0.425. The Hall–Kier alpha value is -0.600. The molecule has 84 valence electrons. The molecule has 4 bridgehead atoms. The molecular weight excluding hydrogens is 193 g/mol. The zero-order valence-electron chi connectivity index (χ0n) is 8.95. The fourth-order valence-corrected chi connectivity index (χ4v) is 4.74. The first kappa shape index (κ1) is 9.61. The van der Waals surface area contributed by atoms with Crippen molar-refractivity contribution in [2.45, 2.75) is 38.5 Å². The van der Waals surface area contributed by atoms with Gasteiger partial charge in [-0.25, -0.2) is 4.39 Å². The second kappa shape index (κ2) is 3.19. The molecule has 0 heterocycles. The predicted octanol–water partition coefficient (Wildman–Crippen LogP) is 3.00. The lowest BCUT2D eigenvalue weighted by atomic mass is 9.48. The van der Waals surface area contributed by atoms with Crippen LogP contribution in [0.25, 0.3) is 0 Å². The van der Waals surface area contributed by atoms with E-state index in [9.17, 15) is 4.39 Å². The van der Waals surface area contributed by atoms with Crippen LogP contribution in [0.15, 0.2) is 5.16 Å². The van der Waals surface area contributed by atoms with Crippen molar-refractivity contribution < 1.29 is 9.60 Å². The average Bonchev–Trinajstić information content (AvgIpc) is 2.16. The van der Waals surface area contributed by atoms with Crippen LogP contribution in [0.5, 0.6) is 0 Å². The van der Waals surface area contributed by atoms with E-state index in [1.165, 1.54) is 19.3 Å². The van der Waals surface area contributed by atoms with Gasteiger partial charge in [0.25, 0.3) is 0 Å². The maximum atomic E-state index is 12.9. The summed E-state index contributed by atoms with van der Waals surface area (Å²) in [6, 6.07) is 0. The summed E-state index contributed by atoms with van der Waals surface area (Å²) in [4.78, 5) is 0. The van der Waals surface area contributed by atoms with Gasteiger partial charge in [0.05, 0.1) is 5.71 Å². The molecule has 4 rings (SSSR count). The Morgan fingerprint density at radius 2 is 1.60 bits per heavy atom. The van der Waals surface area contributed by atoms with Gasteiger partial charge in [0.15, 0.2) is 0 Å². The Balaban J connectivity index is 1.92. The highest BCUT2D eigenvalue weighted by Crippen LogP contribution is 2.60. The first-order valence-electron chi connectivity index (χ1n) is 6.03. The molecule has 1 N–H and O–H groups in total. The van der Waals surface area contributed by atoms with E-state index in [2.05, 4.69) is 5.16 Å². The van der Waals surface area contributed by atoms with E-state index < -0.39 is 6.67 Å². The fraction of sp³-hybridized carbons (Fsp3) is 0.917. The summed E-state index contributed by atoms with van der Waals surface area (Å²) in [5, 5.41) is 12.2. The molecule has 4 fully saturated rings. The van der Waals surface area contributed by atoms with Crippen LogP contribution in [0.3, 0.4) is 0 Å². The minimum absolute atomic E-state index is 0.0573. The van der Waals surface area contributed by atoms with E-state index in [1.54, 1.807) is 0 Å². The van der Waals surface area contributed by atoms with E-state index in [1.807, 2.05) is 0 Å². The minimum Gasteiger partial charge on any atom is -0.411 e. The van der Waals surface area contributed by atoms with Crippen molar-refractivity contribution in [1.29, 1.82) is 0 Å². The maximum absolute atomic E-state index is 12.9. The van der Waals surface area contributed by atoms with Gasteiger partial charge in [-0.05, 0) is 56.3 Å². The second-order valence-corrected chi connectivity index (χ2v) is 5.88. The number of hydrogen-bond acceptors (Lipinski definition) is 2. The maximum Gasteiger partial charge on any atom is 0.131 e. The van der Waals surface area contributed by atoms with Crippen molar-refractivity contribution in [2.75, 3.05) is 6.67 Å². The lowest BCUT2D eigenvalue weighted by Gasteiger charge is -2.56. The van der Waals surface area contributed by atoms with Crippen LogP contribution >= 0.6 is 0 Å². The van der Waals surface area contributed by atoms with Crippen molar-refractivity contribution in [2.24, 2.45) is 28.3 Å². The molecule has 0 aromatic rings. The molecule has 0 aromatic carbocycles. The van der Waals surface area contributed by atoms with Gasteiger partial charge in [0.2, 0.25) is 0 Å². The van der Waals surface area contributed by atoms with Crippen LogP contribution < -0.4 is 0 Å². The number of oxime groups is 1. The van der Waals surface area contributed by atoms with Crippen molar-refractivity contribution in [3.63, 3.8) is 0 Å². The minimum atomic E-state index is -0.567. The SMILES string of the molecule is ON=C(CF)C12CC3CC(CC(C3)C1)C2. The van der Waals surface area contributed by atoms with Crippen LogP contribution in [0, 0.1) is 23.2 Å². The topological polar surface area (TPSA) is 32.6 Å². The van der Waals surface area contributed by atoms with Crippen molar-refractivity contribution in [3.05, 3.63) is 0 Å². The molecule has 0 amide bonds. The highest BCUT2D eigenvalue weighted by molar-refractivity contribution is 5.91. The lowest BCUT2D eigenvalue weighted by molar-refractivity contribution is -0.0152. The molecule has 4 aliphatic rings. The molecule has 0 spiro atoms. The molecule has 3 heteroatoms. The number of alkyl halides is 1. The van der Waals surface area contributed by atoms with E-state index in [0.29, 0.717) is 5.71 Å². The van der Waals surface area contributed by atoms with Crippen molar-refractivity contribution >= 4 is 5.71 Å². The van der Waals surface area contributed by atoms with E-state index >= 15 is 0 Å². The van der Waals surface area contributed by atoms with Gasteiger partial charge in [-0.1, -0.05) is 5.16 Å². The summed E-state index contributed by atoms with van der Waals surface area (Å²) < 4.78 is 12.9. The normalized spacial score (nSPS) is 48.6. The molecule has 4 aliphatic carbocycles. The number of nitrogens with zero attached hydrogens (tertiary/aromatic N) is 1. The first-order valence-corrected chi connectivity index (χ1v) is 6.03. The summed E-state index contributed by atoms with van der Waals surface area (Å²) >= 11 is 0. The zero-order valence-corrected chi connectivity index (χ0v) is 8.95.